The van der Waals surface area contributed by atoms with Crippen molar-refractivity contribution in [3.05, 3.63) is 23.8 Å². The van der Waals surface area contributed by atoms with E-state index in [0.717, 1.165) is 12.8 Å². The highest BCUT2D eigenvalue weighted by molar-refractivity contribution is 6.00. The molecule has 0 aliphatic heterocycles. The Balaban J connectivity index is 2.30. The van der Waals surface area contributed by atoms with Crippen LogP contribution in [0.2, 0.25) is 0 Å². The van der Waals surface area contributed by atoms with Gasteiger partial charge in [-0.2, -0.15) is 0 Å². The molecule has 1 atom stereocenters. The molecule has 6 heteroatoms. The van der Waals surface area contributed by atoms with Gasteiger partial charge in [-0.15, -0.1) is 0 Å². The van der Waals surface area contributed by atoms with Gasteiger partial charge >= 0.3 is 5.97 Å². The van der Waals surface area contributed by atoms with Crippen molar-refractivity contribution in [2.45, 2.75) is 25.3 Å². The molecule has 1 amide bonds. The predicted molar refractivity (Wildman–Crippen MR) is 75.8 cm³/mol. The molecule has 1 unspecified atom stereocenters. The minimum absolute atomic E-state index is 0.0319. The Kier molecular flexibility index (Phi) is 4.06. The Hall–Kier alpha value is -2.24. The molecule has 1 aliphatic rings. The molecule has 0 spiro atoms. The molecule has 2 N–H and O–H groups in total. The van der Waals surface area contributed by atoms with Gasteiger partial charge in [-0.1, -0.05) is 6.07 Å². The van der Waals surface area contributed by atoms with Gasteiger partial charge in [0.15, 0.2) is 11.5 Å². The van der Waals surface area contributed by atoms with Crippen LogP contribution in [0.1, 0.15) is 30.1 Å². The zero-order valence-corrected chi connectivity index (χ0v) is 12.3. The van der Waals surface area contributed by atoms with Crippen LogP contribution >= 0.6 is 0 Å². The highest BCUT2D eigenvalue weighted by atomic mass is 16.5. The van der Waals surface area contributed by atoms with Gasteiger partial charge in [-0.05, 0) is 37.8 Å². The molecule has 1 aromatic rings. The number of ether oxygens (including phenoxy) is 2. The van der Waals surface area contributed by atoms with Crippen molar-refractivity contribution in [3.8, 4) is 11.5 Å². The highest BCUT2D eigenvalue weighted by Gasteiger charge is 2.48. The first-order valence-electron chi connectivity index (χ1n) is 6.71. The lowest BCUT2D eigenvalue weighted by atomic mass is 9.95. The smallest absolute Gasteiger partial charge is 0.329 e. The number of carbonyl (C=O) groups excluding carboxylic acids is 1. The van der Waals surface area contributed by atoms with Crippen molar-refractivity contribution in [1.82, 2.24) is 5.32 Å². The summed E-state index contributed by atoms with van der Waals surface area (Å²) in [5.74, 6) is -0.826. The number of carboxylic acids is 1. The van der Waals surface area contributed by atoms with E-state index in [1.54, 1.807) is 18.2 Å². The molecule has 0 saturated heterocycles. The number of amides is 1. The minimum Gasteiger partial charge on any atom is -0.493 e. The van der Waals surface area contributed by atoms with Crippen LogP contribution in [0.15, 0.2) is 18.2 Å². The third-order valence-corrected chi connectivity index (χ3v) is 3.86. The molecular formula is C15H19NO5. The van der Waals surface area contributed by atoms with Crippen LogP contribution < -0.4 is 14.8 Å². The maximum Gasteiger partial charge on any atom is 0.329 e. The van der Waals surface area contributed by atoms with Crippen LogP contribution in [-0.4, -0.2) is 36.7 Å². The Morgan fingerprint density at radius 3 is 2.43 bits per heavy atom. The number of hydrogen-bond donors (Lipinski definition) is 2. The van der Waals surface area contributed by atoms with Crippen LogP contribution in [0, 0.1) is 5.92 Å². The van der Waals surface area contributed by atoms with Crippen LogP contribution in [0.4, 0.5) is 0 Å². The molecule has 0 radical (unpaired) electrons. The van der Waals surface area contributed by atoms with Crippen molar-refractivity contribution in [3.63, 3.8) is 0 Å². The van der Waals surface area contributed by atoms with Crippen molar-refractivity contribution in [1.29, 1.82) is 0 Å². The number of carbonyl (C=O) groups is 2. The summed E-state index contributed by atoms with van der Waals surface area (Å²) in [7, 11) is 2.91. The lowest BCUT2D eigenvalue weighted by molar-refractivity contribution is -0.144. The fourth-order valence-electron chi connectivity index (χ4n) is 2.36. The van der Waals surface area contributed by atoms with Crippen molar-refractivity contribution in [2.24, 2.45) is 5.92 Å². The zero-order valence-electron chi connectivity index (χ0n) is 12.3. The summed E-state index contributed by atoms with van der Waals surface area (Å²) in [6.07, 6.45) is 1.61. The lowest BCUT2D eigenvalue weighted by Gasteiger charge is -2.26. The molecule has 1 aliphatic carbocycles. The first-order chi connectivity index (χ1) is 9.93. The van der Waals surface area contributed by atoms with E-state index < -0.39 is 17.4 Å². The van der Waals surface area contributed by atoms with Gasteiger partial charge < -0.3 is 19.9 Å². The van der Waals surface area contributed by atoms with Crippen molar-refractivity contribution < 1.29 is 24.2 Å². The summed E-state index contributed by atoms with van der Waals surface area (Å²) < 4.78 is 10.3. The average molecular weight is 293 g/mol. The van der Waals surface area contributed by atoms with E-state index in [-0.39, 0.29) is 11.5 Å². The summed E-state index contributed by atoms with van der Waals surface area (Å²) in [5, 5.41) is 12.0. The first-order valence-corrected chi connectivity index (χ1v) is 6.71. The van der Waals surface area contributed by atoms with Gasteiger partial charge in [0.1, 0.15) is 5.54 Å². The maximum absolute atomic E-state index is 12.4. The van der Waals surface area contributed by atoms with Crippen molar-refractivity contribution in [2.75, 3.05) is 14.2 Å². The number of aliphatic carboxylic acids is 1. The number of para-hydroxylation sites is 1. The zero-order chi connectivity index (χ0) is 15.6. The molecule has 1 fully saturated rings. The Bertz CT molecular complexity index is 567. The van der Waals surface area contributed by atoms with Crippen molar-refractivity contribution >= 4 is 11.9 Å². The maximum atomic E-state index is 12.4. The van der Waals surface area contributed by atoms with Crippen LogP contribution in [0.5, 0.6) is 11.5 Å². The predicted octanol–water partition coefficient (Wildman–Crippen LogP) is 1.69. The van der Waals surface area contributed by atoms with E-state index in [0.29, 0.717) is 11.5 Å². The largest absolute Gasteiger partial charge is 0.493 e. The summed E-state index contributed by atoms with van der Waals surface area (Å²) in [4.78, 5) is 23.9. The summed E-state index contributed by atoms with van der Waals surface area (Å²) in [5.41, 5.74) is -1.00. The molecule has 1 saturated carbocycles. The van der Waals surface area contributed by atoms with E-state index in [4.69, 9.17) is 9.47 Å². The van der Waals surface area contributed by atoms with Crippen LogP contribution in [0.3, 0.4) is 0 Å². The van der Waals surface area contributed by atoms with Gasteiger partial charge in [0, 0.05) is 0 Å². The second-order valence-corrected chi connectivity index (χ2v) is 5.28. The fraction of sp³-hybridized carbons (Fsp3) is 0.467. The number of nitrogens with one attached hydrogen (secondary N) is 1. The van der Waals surface area contributed by atoms with Gasteiger partial charge in [-0.25, -0.2) is 4.79 Å². The average Bonchev–Trinajstić information content (AvgIpc) is 3.30. The fourth-order valence-corrected chi connectivity index (χ4v) is 2.36. The summed E-state index contributed by atoms with van der Waals surface area (Å²) in [6, 6.07) is 4.91. The van der Waals surface area contributed by atoms with E-state index in [1.807, 2.05) is 0 Å². The van der Waals surface area contributed by atoms with E-state index in [1.165, 1.54) is 21.1 Å². The van der Waals surface area contributed by atoms with Gasteiger partial charge in [0.05, 0.1) is 19.8 Å². The van der Waals surface area contributed by atoms with Crippen LogP contribution in [0.25, 0.3) is 0 Å². The van der Waals surface area contributed by atoms with Gasteiger partial charge in [0.2, 0.25) is 0 Å². The quantitative estimate of drug-likeness (QED) is 0.833. The third-order valence-electron chi connectivity index (χ3n) is 3.86. The summed E-state index contributed by atoms with van der Waals surface area (Å²) in [6.45, 7) is 1.54. The number of hydrogen-bond acceptors (Lipinski definition) is 4. The van der Waals surface area contributed by atoms with Gasteiger partial charge in [0.25, 0.3) is 5.91 Å². The molecule has 1 aromatic carbocycles. The third kappa shape index (κ3) is 2.79. The van der Waals surface area contributed by atoms with Gasteiger partial charge in [-0.3, -0.25) is 4.79 Å². The number of methoxy groups -OCH3 is 2. The second-order valence-electron chi connectivity index (χ2n) is 5.28. The molecule has 0 bridgehead atoms. The topological polar surface area (TPSA) is 84.9 Å². The first kappa shape index (κ1) is 15.2. The molecule has 6 nitrogen and oxygen atoms in total. The SMILES string of the molecule is COc1cccc(C(=O)NC(C)(C(=O)O)C2CC2)c1OC. The number of carboxylic acid groups (broad SMARTS) is 1. The minimum atomic E-state index is -1.26. The second kappa shape index (κ2) is 5.63. The Morgan fingerprint density at radius 1 is 1.29 bits per heavy atom. The lowest BCUT2D eigenvalue weighted by Crippen LogP contribution is -2.54. The Morgan fingerprint density at radius 2 is 1.95 bits per heavy atom. The van der Waals surface area contributed by atoms with E-state index in [9.17, 15) is 14.7 Å². The molecule has 0 aromatic heterocycles. The number of benzene rings is 1. The van der Waals surface area contributed by atoms with E-state index >= 15 is 0 Å². The highest BCUT2D eigenvalue weighted by Crippen LogP contribution is 2.40. The summed E-state index contributed by atoms with van der Waals surface area (Å²) >= 11 is 0. The molecule has 114 valence electrons. The van der Waals surface area contributed by atoms with E-state index in [2.05, 4.69) is 5.32 Å². The number of rotatable bonds is 6. The Labute approximate surface area is 123 Å². The van der Waals surface area contributed by atoms with Crippen LogP contribution in [-0.2, 0) is 4.79 Å². The monoisotopic (exact) mass is 293 g/mol. The standard InChI is InChI=1S/C15H19NO5/c1-15(14(18)19,9-7-8-9)16-13(17)10-5-4-6-11(20-2)12(10)21-3/h4-6,9H,7-8H2,1-3H3,(H,16,17)(H,18,19). The molecular weight excluding hydrogens is 274 g/mol. The molecule has 21 heavy (non-hydrogen) atoms. The molecule has 0 heterocycles. The molecule has 2 rings (SSSR count). The normalized spacial score (nSPS) is 16.7.